The summed E-state index contributed by atoms with van der Waals surface area (Å²) in [5.74, 6) is -2.47. The number of nitrogens with one attached hydrogen (secondary N) is 3. The van der Waals surface area contributed by atoms with Crippen molar-refractivity contribution in [1.82, 2.24) is 10.6 Å². The zero-order chi connectivity index (χ0) is 28.8. The van der Waals surface area contributed by atoms with E-state index in [4.69, 9.17) is 5.11 Å². The Hall–Kier alpha value is -3.94. The second-order valence-electron chi connectivity index (χ2n) is 9.06. The van der Waals surface area contributed by atoms with E-state index >= 15 is 0 Å². The molecule has 14 heteroatoms. The van der Waals surface area contributed by atoms with Crippen LogP contribution in [0.15, 0.2) is 47.4 Å². The third-order valence-electron chi connectivity index (χ3n) is 6.31. The Morgan fingerprint density at radius 1 is 1.03 bits per heavy atom. The number of carbonyl (C=O) groups excluding carboxylic acids is 3. The molecule has 2 aromatic carbocycles. The molecule has 0 spiro atoms. The molecule has 1 aliphatic rings. The van der Waals surface area contributed by atoms with E-state index in [-0.39, 0.29) is 10.6 Å². The lowest BCUT2D eigenvalue weighted by molar-refractivity contribution is -0.137. The van der Waals surface area contributed by atoms with Crippen LogP contribution >= 0.6 is 0 Å². The summed E-state index contributed by atoms with van der Waals surface area (Å²) >= 11 is 0. The molecule has 2 unspecified atom stereocenters. The Morgan fingerprint density at radius 3 is 2.31 bits per heavy atom. The van der Waals surface area contributed by atoms with Gasteiger partial charge in [0.2, 0.25) is 5.91 Å². The van der Waals surface area contributed by atoms with Gasteiger partial charge in [-0.2, -0.15) is 13.2 Å². The van der Waals surface area contributed by atoms with E-state index < -0.39 is 69.2 Å². The molecular weight excluding hydrogens is 543 g/mol. The SMILES string of the molecule is O=Cc1ccc(S(=O)(=O)CC2CCCCC2NC(=O)CNC(=O)c2cc(C(F)(F)F)ccc2NC(=O)O)cc1. The van der Waals surface area contributed by atoms with Gasteiger partial charge < -0.3 is 15.7 Å². The van der Waals surface area contributed by atoms with Gasteiger partial charge in [0.15, 0.2) is 9.84 Å². The first-order chi connectivity index (χ1) is 18.3. The summed E-state index contributed by atoms with van der Waals surface area (Å²) in [7, 11) is -3.73. The fourth-order valence-electron chi connectivity index (χ4n) is 4.38. The number of aldehydes is 1. The molecule has 2 aromatic rings. The predicted octanol–water partition coefficient (Wildman–Crippen LogP) is 3.49. The van der Waals surface area contributed by atoms with Gasteiger partial charge in [0, 0.05) is 11.6 Å². The van der Waals surface area contributed by atoms with E-state index in [1.165, 1.54) is 24.3 Å². The van der Waals surface area contributed by atoms with Crippen molar-refractivity contribution in [3.8, 4) is 0 Å². The monoisotopic (exact) mass is 569 g/mol. The van der Waals surface area contributed by atoms with Crippen LogP contribution in [0.5, 0.6) is 0 Å². The van der Waals surface area contributed by atoms with Crippen LogP contribution in [0.1, 0.15) is 52.0 Å². The zero-order valence-corrected chi connectivity index (χ0v) is 21.3. The molecule has 0 radical (unpaired) electrons. The third kappa shape index (κ3) is 8.02. The summed E-state index contributed by atoms with van der Waals surface area (Å²) in [6, 6.07) is 6.83. The van der Waals surface area contributed by atoms with Gasteiger partial charge in [0.05, 0.1) is 34.0 Å². The third-order valence-corrected chi connectivity index (χ3v) is 8.16. The minimum Gasteiger partial charge on any atom is -0.465 e. The van der Waals surface area contributed by atoms with E-state index in [1.807, 2.05) is 5.32 Å². The second-order valence-corrected chi connectivity index (χ2v) is 11.1. The van der Waals surface area contributed by atoms with E-state index in [2.05, 4.69) is 10.6 Å². The van der Waals surface area contributed by atoms with Crippen LogP contribution in [0.4, 0.5) is 23.7 Å². The van der Waals surface area contributed by atoms with Gasteiger partial charge in [0.1, 0.15) is 6.29 Å². The number of rotatable bonds is 9. The molecule has 0 aromatic heterocycles. The highest BCUT2D eigenvalue weighted by Crippen LogP contribution is 2.32. The number of carboxylic acid groups (broad SMARTS) is 1. The highest BCUT2D eigenvalue weighted by Gasteiger charge is 2.33. The number of sulfone groups is 1. The maximum Gasteiger partial charge on any atom is 0.416 e. The van der Waals surface area contributed by atoms with Crippen molar-refractivity contribution in [3.63, 3.8) is 0 Å². The van der Waals surface area contributed by atoms with Crippen LogP contribution in [-0.2, 0) is 20.8 Å². The Balaban J connectivity index is 1.66. The van der Waals surface area contributed by atoms with Gasteiger partial charge in [-0.25, -0.2) is 13.2 Å². The van der Waals surface area contributed by atoms with Crippen LogP contribution in [0, 0.1) is 5.92 Å². The maximum atomic E-state index is 13.1. The predicted molar refractivity (Wildman–Crippen MR) is 133 cm³/mol. The molecule has 0 saturated heterocycles. The van der Waals surface area contributed by atoms with E-state index in [0.717, 1.165) is 18.9 Å². The number of alkyl halides is 3. The van der Waals surface area contributed by atoms with Crippen molar-refractivity contribution in [2.24, 2.45) is 5.92 Å². The van der Waals surface area contributed by atoms with E-state index in [9.17, 15) is 40.8 Å². The van der Waals surface area contributed by atoms with Crippen LogP contribution in [0.2, 0.25) is 0 Å². The number of amides is 3. The highest BCUT2D eigenvalue weighted by atomic mass is 32.2. The lowest BCUT2D eigenvalue weighted by Gasteiger charge is -2.32. The first-order valence-electron chi connectivity index (χ1n) is 11.9. The lowest BCUT2D eigenvalue weighted by atomic mass is 9.86. The fourth-order valence-corrected chi connectivity index (χ4v) is 6.08. The molecule has 0 heterocycles. The summed E-state index contributed by atoms with van der Waals surface area (Å²) in [6.07, 6.45) is -3.29. The Morgan fingerprint density at radius 2 is 1.69 bits per heavy atom. The van der Waals surface area contributed by atoms with Gasteiger partial charge >= 0.3 is 12.3 Å². The van der Waals surface area contributed by atoms with Crippen LogP contribution in [0.25, 0.3) is 0 Å². The average molecular weight is 570 g/mol. The van der Waals surface area contributed by atoms with E-state index in [1.54, 1.807) is 0 Å². The van der Waals surface area contributed by atoms with Gasteiger partial charge in [-0.1, -0.05) is 25.0 Å². The largest absolute Gasteiger partial charge is 0.465 e. The van der Waals surface area contributed by atoms with Gasteiger partial charge in [-0.3, -0.25) is 19.7 Å². The number of anilines is 1. The molecule has 3 amide bonds. The number of benzene rings is 2. The summed E-state index contributed by atoms with van der Waals surface area (Å²) in [5.41, 5.74) is -1.87. The van der Waals surface area contributed by atoms with Crippen molar-refractivity contribution >= 4 is 39.7 Å². The Bertz CT molecular complexity index is 1350. The summed E-state index contributed by atoms with van der Waals surface area (Å²) in [6.45, 7) is -0.634. The highest BCUT2D eigenvalue weighted by molar-refractivity contribution is 7.91. The number of hydrogen-bond donors (Lipinski definition) is 4. The van der Waals surface area contributed by atoms with Crippen LogP contribution < -0.4 is 16.0 Å². The molecule has 4 N–H and O–H groups in total. The second kappa shape index (κ2) is 12.3. The topological polar surface area (TPSA) is 159 Å². The molecule has 10 nitrogen and oxygen atoms in total. The van der Waals surface area contributed by atoms with Crippen LogP contribution in [-0.4, -0.2) is 56.1 Å². The molecule has 2 atom stereocenters. The van der Waals surface area contributed by atoms with Crippen molar-refractivity contribution in [2.75, 3.05) is 17.6 Å². The quantitative estimate of drug-likeness (QED) is 0.337. The molecule has 3 rings (SSSR count). The number of halogens is 3. The summed E-state index contributed by atoms with van der Waals surface area (Å²) in [5, 5.41) is 15.6. The van der Waals surface area contributed by atoms with Crippen molar-refractivity contribution in [2.45, 2.75) is 42.8 Å². The molecule has 0 aliphatic heterocycles. The molecular formula is C25H26F3N3O7S. The Labute approximate surface area is 221 Å². The van der Waals surface area contributed by atoms with Crippen molar-refractivity contribution in [3.05, 3.63) is 59.2 Å². The molecule has 210 valence electrons. The number of carbonyl (C=O) groups is 4. The minimum absolute atomic E-state index is 0.0443. The van der Waals surface area contributed by atoms with Gasteiger partial charge in [-0.15, -0.1) is 0 Å². The lowest BCUT2D eigenvalue weighted by Crippen LogP contribution is -2.47. The molecule has 39 heavy (non-hydrogen) atoms. The summed E-state index contributed by atoms with van der Waals surface area (Å²) in [4.78, 5) is 47.0. The molecule has 1 fully saturated rings. The fraction of sp³-hybridized carbons (Fsp3) is 0.360. The van der Waals surface area contributed by atoms with Crippen molar-refractivity contribution in [1.29, 1.82) is 0 Å². The Kier molecular flexibility index (Phi) is 9.32. The smallest absolute Gasteiger partial charge is 0.416 e. The molecule has 1 saturated carbocycles. The first kappa shape index (κ1) is 29.6. The zero-order valence-electron chi connectivity index (χ0n) is 20.5. The summed E-state index contributed by atoms with van der Waals surface area (Å²) < 4.78 is 65.2. The minimum atomic E-state index is -4.79. The number of hydrogen-bond acceptors (Lipinski definition) is 6. The maximum absolute atomic E-state index is 13.1. The van der Waals surface area contributed by atoms with Crippen molar-refractivity contribution < 1.29 is 45.9 Å². The normalized spacial score (nSPS) is 17.6. The molecule has 0 bridgehead atoms. The van der Waals surface area contributed by atoms with Gasteiger partial charge in [0.25, 0.3) is 5.91 Å². The van der Waals surface area contributed by atoms with Gasteiger partial charge in [-0.05, 0) is 49.1 Å². The first-order valence-corrected chi connectivity index (χ1v) is 13.5. The van der Waals surface area contributed by atoms with Crippen LogP contribution in [0.3, 0.4) is 0 Å². The van der Waals surface area contributed by atoms with E-state index in [0.29, 0.717) is 36.8 Å². The average Bonchev–Trinajstić information content (AvgIpc) is 2.87. The standard InChI is InChI=1S/C25H26F3N3O7S/c26-25(27,28)17-7-10-21(31-24(35)36)19(11-17)23(34)29-12-22(33)30-20-4-2-1-3-16(20)14-39(37,38)18-8-5-15(13-32)6-9-18/h5-11,13,16,20,31H,1-4,12,14H2,(H,29,34)(H,30,33)(H,35,36). The molecule has 1 aliphatic carbocycles.